The van der Waals surface area contributed by atoms with Crippen molar-refractivity contribution in [3.05, 3.63) is 35.4 Å². The molecule has 0 saturated heterocycles. The zero-order valence-electron chi connectivity index (χ0n) is 15.6. The quantitative estimate of drug-likeness (QED) is 0.456. The van der Waals surface area contributed by atoms with Crippen LogP contribution in [0.25, 0.3) is 0 Å². The van der Waals surface area contributed by atoms with Crippen molar-refractivity contribution >= 4 is 5.96 Å². The van der Waals surface area contributed by atoms with Crippen molar-refractivity contribution in [1.82, 2.24) is 15.5 Å². The molecule has 0 aromatic heterocycles. The number of nitrogens with zero attached hydrogens (tertiary/aromatic N) is 2. The normalized spacial score (nSPS) is 15.9. The smallest absolute Gasteiger partial charge is 0.191 e. The standard InChI is InChI=1S/C19H32N4O/c1-5-24-13-11-21-18(20-4)22-15-19(2,3)23-12-10-16-8-6-7-9-17(16)14-23/h6-9H,5,10-15H2,1-4H3,(H2,20,21,22). The van der Waals surface area contributed by atoms with Crippen molar-refractivity contribution in [2.45, 2.75) is 39.3 Å². The summed E-state index contributed by atoms with van der Waals surface area (Å²) in [6.45, 7) is 11.8. The van der Waals surface area contributed by atoms with E-state index in [2.05, 4.69) is 58.6 Å². The van der Waals surface area contributed by atoms with Crippen LogP contribution >= 0.6 is 0 Å². The third-order valence-corrected chi connectivity index (χ3v) is 4.64. The summed E-state index contributed by atoms with van der Waals surface area (Å²) in [5.41, 5.74) is 3.01. The van der Waals surface area contributed by atoms with Crippen LogP contribution in [0, 0.1) is 0 Å². The fourth-order valence-corrected chi connectivity index (χ4v) is 3.03. The first-order valence-corrected chi connectivity index (χ1v) is 8.91. The Balaban J connectivity index is 1.84. The lowest BCUT2D eigenvalue weighted by molar-refractivity contribution is 0.107. The largest absolute Gasteiger partial charge is 0.380 e. The van der Waals surface area contributed by atoms with E-state index in [1.165, 1.54) is 11.1 Å². The van der Waals surface area contributed by atoms with Crippen molar-refractivity contribution in [3.8, 4) is 0 Å². The van der Waals surface area contributed by atoms with Gasteiger partial charge < -0.3 is 15.4 Å². The van der Waals surface area contributed by atoms with Crippen LogP contribution in [0.4, 0.5) is 0 Å². The molecule has 0 fully saturated rings. The van der Waals surface area contributed by atoms with Gasteiger partial charge in [-0.15, -0.1) is 0 Å². The summed E-state index contributed by atoms with van der Waals surface area (Å²) < 4.78 is 5.35. The number of hydrogen-bond donors (Lipinski definition) is 2. The predicted octanol–water partition coefficient (Wildman–Crippen LogP) is 2.02. The number of rotatable bonds is 7. The first-order chi connectivity index (χ1) is 11.6. The maximum atomic E-state index is 5.35. The molecule has 1 aromatic rings. The summed E-state index contributed by atoms with van der Waals surface area (Å²) in [6.07, 6.45) is 1.13. The Morgan fingerprint density at radius 1 is 1.25 bits per heavy atom. The summed E-state index contributed by atoms with van der Waals surface area (Å²) in [5.74, 6) is 0.834. The minimum atomic E-state index is 0.0606. The Bertz CT molecular complexity index is 542. The van der Waals surface area contributed by atoms with Gasteiger partial charge in [0, 0.05) is 45.4 Å². The second-order valence-electron chi connectivity index (χ2n) is 6.80. The molecule has 0 spiro atoms. The number of fused-ring (bicyclic) bond motifs is 1. The van der Waals surface area contributed by atoms with Crippen LogP contribution in [0.1, 0.15) is 31.9 Å². The summed E-state index contributed by atoms with van der Waals surface area (Å²) >= 11 is 0. The Morgan fingerprint density at radius 2 is 2.00 bits per heavy atom. The van der Waals surface area contributed by atoms with E-state index in [1.54, 1.807) is 7.05 Å². The second-order valence-corrected chi connectivity index (χ2v) is 6.80. The SMILES string of the molecule is CCOCCNC(=NC)NCC(C)(C)N1CCc2ccccc2C1. The molecule has 0 aliphatic carbocycles. The van der Waals surface area contributed by atoms with Crippen molar-refractivity contribution in [1.29, 1.82) is 0 Å². The first kappa shape index (κ1) is 18.7. The Hall–Kier alpha value is -1.59. The Kier molecular flexibility index (Phi) is 7.06. The van der Waals surface area contributed by atoms with Gasteiger partial charge in [-0.05, 0) is 38.3 Å². The summed E-state index contributed by atoms with van der Waals surface area (Å²) in [7, 11) is 1.81. The van der Waals surface area contributed by atoms with E-state index in [1.807, 2.05) is 6.92 Å². The third kappa shape index (κ3) is 5.21. The molecule has 5 heteroatoms. The number of ether oxygens (including phenoxy) is 1. The van der Waals surface area contributed by atoms with Crippen LogP contribution < -0.4 is 10.6 Å². The monoisotopic (exact) mass is 332 g/mol. The highest BCUT2D eigenvalue weighted by Gasteiger charge is 2.29. The van der Waals surface area contributed by atoms with E-state index >= 15 is 0 Å². The van der Waals surface area contributed by atoms with Gasteiger partial charge in [0.05, 0.1) is 6.61 Å². The van der Waals surface area contributed by atoms with Gasteiger partial charge in [0.2, 0.25) is 0 Å². The van der Waals surface area contributed by atoms with Gasteiger partial charge in [0.15, 0.2) is 5.96 Å². The molecule has 0 unspecified atom stereocenters. The molecule has 0 saturated carbocycles. The molecule has 1 aliphatic rings. The fraction of sp³-hybridized carbons (Fsp3) is 0.632. The van der Waals surface area contributed by atoms with Gasteiger partial charge in [-0.2, -0.15) is 0 Å². The highest BCUT2D eigenvalue weighted by atomic mass is 16.5. The molecule has 24 heavy (non-hydrogen) atoms. The van der Waals surface area contributed by atoms with Crippen molar-refractivity contribution < 1.29 is 4.74 Å². The molecule has 0 bridgehead atoms. The third-order valence-electron chi connectivity index (χ3n) is 4.64. The van der Waals surface area contributed by atoms with Crippen molar-refractivity contribution in [2.75, 3.05) is 39.9 Å². The van der Waals surface area contributed by atoms with E-state index in [0.717, 1.165) is 45.2 Å². The molecule has 1 aliphatic heterocycles. The van der Waals surface area contributed by atoms with Gasteiger partial charge in [-0.1, -0.05) is 24.3 Å². The number of hydrogen-bond acceptors (Lipinski definition) is 3. The number of aliphatic imine (C=N–C) groups is 1. The van der Waals surface area contributed by atoms with Crippen LogP contribution in [-0.4, -0.2) is 56.3 Å². The van der Waals surface area contributed by atoms with Crippen molar-refractivity contribution in [2.24, 2.45) is 4.99 Å². The molecule has 1 aromatic carbocycles. The number of guanidine groups is 1. The molecule has 2 N–H and O–H groups in total. The van der Waals surface area contributed by atoms with Gasteiger partial charge in [-0.3, -0.25) is 9.89 Å². The fourth-order valence-electron chi connectivity index (χ4n) is 3.03. The van der Waals surface area contributed by atoms with Crippen LogP contribution in [-0.2, 0) is 17.7 Å². The van der Waals surface area contributed by atoms with Crippen LogP contribution in [0.5, 0.6) is 0 Å². The van der Waals surface area contributed by atoms with Crippen LogP contribution in [0.15, 0.2) is 29.3 Å². The molecule has 0 amide bonds. The molecule has 134 valence electrons. The summed E-state index contributed by atoms with van der Waals surface area (Å²) in [5, 5.41) is 6.74. The highest BCUT2D eigenvalue weighted by molar-refractivity contribution is 5.79. The maximum absolute atomic E-state index is 5.35. The van der Waals surface area contributed by atoms with Crippen LogP contribution in [0.3, 0.4) is 0 Å². The van der Waals surface area contributed by atoms with Gasteiger partial charge in [-0.25, -0.2) is 0 Å². The molecule has 0 radical (unpaired) electrons. The van der Waals surface area contributed by atoms with E-state index in [9.17, 15) is 0 Å². The van der Waals surface area contributed by atoms with Crippen LogP contribution in [0.2, 0.25) is 0 Å². The molecular weight excluding hydrogens is 300 g/mol. The maximum Gasteiger partial charge on any atom is 0.191 e. The lowest BCUT2D eigenvalue weighted by Crippen LogP contribution is -2.54. The van der Waals surface area contributed by atoms with E-state index in [-0.39, 0.29) is 5.54 Å². The van der Waals surface area contributed by atoms with Gasteiger partial charge in [0.1, 0.15) is 0 Å². The lowest BCUT2D eigenvalue weighted by Gasteiger charge is -2.42. The zero-order valence-corrected chi connectivity index (χ0v) is 15.6. The number of benzene rings is 1. The minimum absolute atomic E-state index is 0.0606. The van der Waals surface area contributed by atoms with E-state index < -0.39 is 0 Å². The average Bonchev–Trinajstić information content (AvgIpc) is 2.60. The molecule has 5 nitrogen and oxygen atoms in total. The average molecular weight is 332 g/mol. The number of nitrogens with one attached hydrogen (secondary N) is 2. The lowest BCUT2D eigenvalue weighted by atomic mass is 9.94. The minimum Gasteiger partial charge on any atom is -0.380 e. The zero-order chi connectivity index (χ0) is 17.4. The molecule has 1 heterocycles. The highest BCUT2D eigenvalue weighted by Crippen LogP contribution is 2.24. The predicted molar refractivity (Wildman–Crippen MR) is 100 cm³/mol. The summed E-state index contributed by atoms with van der Waals surface area (Å²) in [4.78, 5) is 6.84. The van der Waals surface area contributed by atoms with E-state index in [0.29, 0.717) is 6.61 Å². The Morgan fingerprint density at radius 3 is 2.71 bits per heavy atom. The Labute approximate surface area is 146 Å². The topological polar surface area (TPSA) is 48.9 Å². The summed E-state index contributed by atoms with van der Waals surface area (Å²) in [6, 6.07) is 8.78. The molecule has 2 rings (SSSR count). The molecular formula is C19H32N4O. The first-order valence-electron chi connectivity index (χ1n) is 8.91. The van der Waals surface area contributed by atoms with Crippen molar-refractivity contribution in [3.63, 3.8) is 0 Å². The van der Waals surface area contributed by atoms with E-state index in [4.69, 9.17) is 4.74 Å². The second kappa shape index (κ2) is 9.04. The van der Waals surface area contributed by atoms with Gasteiger partial charge in [0.25, 0.3) is 0 Å². The van der Waals surface area contributed by atoms with Gasteiger partial charge >= 0.3 is 0 Å². The molecule has 0 atom stereocenters.